The van der Waals surface area contributed by atoms with Crippen LogP contribution >= 0.6 is 0 Å². The smallest absolute Gasteiger partial charge is 0.0239 e. The molecule has 0 aliphatic carbocycles. The van der Waals surface area contributed by atoms with Crippen molar-refractivity contribution in [2.75, 3.05) is 26.2 Å². The highest BCUT2D eigenvalue weighted by atomic mass is 15.1. The lowest BCUT2D eigenvalue weighted by molar-refractivity contribution is 0.165. The number of likely N-dealkylation sites (tertiary alicyclic amines) is 1. The molecule has 0 aromatic heterocycles. The van der Waals surface area contributed by atoms with Crippen LogP contribution < -0.4 is 5.32 Å². The average molecular weight is 274 g/mol. The fraction of sp³-hybridized carbons (Fsp3) is 0.667. The minimum absolute atomic E-state index is 0.828. The molecule has 20 heavy (non-hydrogen) atoms. The van der Waals surface area contributed by atoms with E-state index in [9.17, 15) is 0 Å². The number of benzene rings is 1. The summed E-state index contributed by atoms with van der Waals surface area (Å²) in [5.74, 6) is 0.828. The Morgan fingerprint density at radius 2 is 1.90 bits per heavy atom. The minimum Gasteiger partial charge on any atom is -0.317 e. The van der Waals surface area contributed by atoms with Gasteiger partial charge in [0.15, 0.2) is 0 Å². The number of hydrogen-bond acceptors (Lipinski definition) is 2. The van der Waals surface area contributed by atoms with Crippen molar-refractivity contribution in [1.29, 1.82) is 0 Å². The standard InChI is InChI=1S/C18H30N2/c1-5-19-11-17-7-6-8-20(12-17)13-18-15(3)9-14(2)10-16(18)4/h9-10,17,19H,5-8,11-13H2,1-4H3. The van der Waals surface area contributed by atoms with E-state index in [-0.39, 0.29) is 0 Å². The number of nitrogens with zero attached hydrogens (tertiary/aromatic N) is 1. The van der Waals surface area contributed by atoms with Crippen molar-refractivity contribution in [3.05, 3.63) is 34.4 Å². The Hall–Kier alpha value is -0.860. The summed E-state index contributed by atoms with van der Waals surface area (Å²) < 4.78 is 0. The van der Waals surface area contributed by atoms with Crippen molar-refractivity contribution < 1.29 is 0 Å². The van der Waals surface area contributed by atoms with Crippen LogP contribution in [0.2, 0.25) is 0 Å². The molecule has 1 N–H and O–H groups in total. The molecule has 1 saturated heterocycles. The van der Waals surface area contributed by atoms with Crippen molar-refractivity contribution in [3.63, 3.8) is 0 Å². The van der Waals surface area contributed by atoms with Crippen LogP contribution in [0.25, 0.3) is 0 Å². The van der Waals surface area contributed by atoms with Gasteiger partial charge in [-0.05, 0) is 75.9 Å². The van der Waals surface area contributed by atoms with Gasteiger partial charge in [0.1, 0.15) is 0 Å². The van der Waals surface area contributed by atoms with E-state index in [0.29, 0.717) is 0 Å². The molecule has 1 unspecified atom stereocenters. The molecule has 1 aromatic carbocycles. The van der Waals surface area contributed by atoms with Crippen molar-refractivity contribution in [1.82, 2.24) is 10.2 Å². The van der Waals surface area contributed by atoms with E-state index in [0.717, 1.165) is 19.0 Å². The van der Waals surface area contributed by atoms with Gasteiger partial charge in [0, 0.05) is 13.1 Å². The maximum absolute atomic E-state index is 3.51. The summed E-state index contributed by atoms with van der Waals surface area (Å²) in [6.45, 7) is 14.8. The zero-order valence-corrected chi connectivity index (χ0v) is 13.6. The van der Waals surface area contributed by atoms with Gasteiger partial charge in [-0.15, -0.1) is 0 Å². The summed E-state index contributed by atoms with van der Waals surface area (Å²) in [5, 5.41) is 3.51. The minimum atomic E-state index is 0.828. The summed E-state index contributed by atoms with van der Waals surface area (Å²) >= 11 is 0. The van der Waals surface area contributed by atoms with E-state index in [4.69, 9.17) is 0 Å². The van der Waals surface area contributed by atoms with E-state index in [1.807, 2.05) is 0 Å². The first kappa shape index (κ1) is 15.5. The van der Waals surface area contributed by atoms with Crippen LogP contribution in [-0.2, 0) is 6.54 Å². The highest BCUT2D eigenvalue weighted by Gasteiger charge is 2.20. The van der Waals surface area contributed by atoms with Crippen LogP contribution in [0.15, 0.2) is 12.1 Å². The molecule has 1 aliphatic heterocycles. The number of aryl methyl sites for hydroxylation is 3. The Morgan fingerprint density at radius 1 is 1.20 bits per heavy atom. The van der Waals surface area contributed by atoms with Crippen LogP contribution in [0, 0.1) is 26.7 Å². The van der Waals surface area contributed by atoms with Crippen molar-refractivity contribution in [2.45, 2.75) is 47.1 Å². The fourth-order valence-corrected chi connectivity index (χ4v) is 3.49. The van der Waals surface area contributed by atoms with Gasteiger partial charge in [-0.3, -0.25) is 4.90 Å². The summed E-state index contributed by atoms with van der Waals surface area (Å²) in [6.07, 6.45) is 2.73. The van der Waals surface area contributed by atoms with Gasteiger partial charge >= 0.3 is 0 Å². The van der Waals surface area contributed by atoms with Gasteiger partial charge < -0.3 is 5.32 Å². The van der Waals surface area contributed by atoms with Gasteiger partial charge in [0.2, 0.25) is 0 Å². The SMILES string of the molecule is CCNCC1CCCN(Cc2c(C)cc(C)cc2C)C1. The van der Waals surface area contributed by atoms with Gasteiger partial charge in [0.05, 0.1) is 0 Å². The molecule has 0 saturated carbocycles. The van der Waals surface area contributed by atoms with Crippen LogP contribution in [0.1, 0.15) is 42.0 Å². The Kier molecular flexibility index (Phi) is 5.62. The molecule has 112 valence electrons. The van der Waals surface area contributed by atoms with Crippen molar-refractivity contribution in [3.8, 4) is 0 Å². The molecule has 0 spiro atoms. The Balaban J connectivity index is 1.99. The predicted molar refractivity (Wildman–Crippen MR) is 87.2 cm³/mol. The van der Waals surface area contributed by atoms with E-state index < -0.39 is 0 Å². The number of hydrogen-bond donors (Lipinski definition) is 1. The number of rotatable bonds is 5. The molecule has 0 radical (unpaired) electrons. The lowest BCUT2D eigenvalue weighted by Gasteiger charge is -2.33. The second-order valence-electron chi connectivity index (χ2n) is 6.43. The highest BCUT2D eigenvalue weighted by Crippen LogP contribution is 2.22. The molecule has 1 aliphatic rings. The molecule has 2 heteroatoms. The second kappa shape index (κ2) is 7.24. The molecule has 0 amide bonds. The lowest BCUT2D eigenvalue weighted by atomic mass is 9.95. The molecule has 1 fully saturated rings. The topological polar surface area (TPSA) is 15.3 Å². The average Bonchev–Trinajstić information content (AvgIpc) is 2.41. The molecule has 1 aromatic rings. The fourth-order valence-electron chi connectivity index (χ4n) is 3.49. The van der Waals surface area contributed by atoms with Gasteiger partial charge in [-0.1, -0.05) is 24.6 Å². The number of piperidine rings is 1. The highest BCUT2D eigenvalue weighted by molar-refractivity contribution is 5.37. The van der Waals surface area contributed by atoms with E-state index in [2.05, 4.69) is 50.0 Å². The van der Waals surface area contributed by atoms with Gasteiger partial charge in [0.25, 0.3) is 0 Å². The predicted octanol–water partition coefficient (Wildman–Crippen LogP) is 3.43. The quantitative estimate of drug-likeness (QED) is 0.885. The van der Waals surface area contributed by atoms with Crippen LogP contribution in [-0.4, -0.2) is 31.1 Å². The lowest BCUT2D eigenvalue weighted by Crippen LogP contribution is -2.39. The summed E-state index contributed by atoms with van der Waals surface area (Å²) in [7, 11) is 0. The summed E-state index contributed by atoms with van der Waals surface area (Å²) in [5.41, 5.74) is 5.83. The van der Waals surface area contributed by atoms with E-state index in [1.165, 1.54) is 49.2 Å². The van der Waals surface area contributed by atoms with Crippen molar-refractivity contribution >= 4 is 0 Å². The Bertz CT molecular complexity index is 416. The molecular formula is C18H30N2. The zero-order valence-electron chi connectivity index (χ0n) is 13.6. The summed E-state index contributed by atoms with van der Waals surface area (Å²) in [6, 6.07) is 4.64. The molecule has 2 nitrogen and oxygen atoms in total. The van der Waals surface area contributed by atoms with E-state index >= 15 is 0 Å². The van der Waals surface area contributed by atoms with Crippen LogP contribution in [0.5, 0.6) is 0 Å². The summed E-state index contributed by atoms with van der Waals surface area (Å²) in [4.78, 5) is 2.65. The number of nitrogens with one attached hydrogen (secondary N) is 1. The van der Waals surface area contributed by atoms with Gasteiger partial charge in [-0.25, -0.2) is 0 Å². The second-order valence-corrected chi connectivity index (χ2v) is 6.43. The first-order valence-corrected chi connectivity index (χ1v) is 8.10. The Labute approximate surface area is 124 Å². The zero-order chi connectivity index (χ0) is 14.5. The first-order chi connectivity index (χ1) is 9.60. The molecule has 2 rings (SSSR count). The largest absolute Gasteiger partial charge is 0.317 e. The molecule has 1 heterocycles. The maximum atomic E-state index is 3.51. The van der Waals surface area contributed by atoms with Gasteiger partial charge in [-0.2, -0.15) is 0 Å². The Morgan fingerprint density at radius 3 is 2.55 bits per heavy atom. The van der Waals surface area contributed by atoms with Crippen molar-refractivity contribution in [2.24, 2.45) is 5.92 Å². The molecule has 0 bridgehead atoms. The normalized spacial score (nSPS) is 20.3. The van der Waals surface area contributed by atoms with Crippen LogP contribution in [0.3, 0.4) is 0 Å². The first-order valence-electron chi connectivity index (χ1n) is 8.10. The molecule has 1 atom stereocenters. The molecular weight excluding hydrogens is 244 g/mol. The third kappa shape index (κ3) is 4.07. The monoisotopic (exact) mass is 274 g/mol. The van der Waals surface area contributed by atoms with Crippen LogP contribution in [0.4, 0.5) is 0 Å². The third-order valence-corrected chi connectivity index (χ3v) is 4.51. The third-order valence-electron chi connectivity index (χ3n) is 4.51. The maximum Gasteiger partial charge on any atom is 0.0239 e. The van der Waals surface area contributed by atoms with E-state index in [1.54, 1.807) is 5.56 Å².